The van der Waals surface area contributed by atoms with Gasteiger partial charge >= 0.3 is 0 Å². The van der Waals surface area contributed by atoms with Crippen LogP contribution in [0.2, 0.25) is 0 Å². The van der Waals surface area contributed by atoms with Crippen LogP contribution in [0.4, 0.5) is 0 Å². The number of hydrogen-bond acceptors (Lipinski definition) is 3. The van der Waals surface area contributed by atoms with Gasteiger partial charge in [-0.25, -0.2) is 0 Å². The van der Waals surface area contributed by atoms with Gasteiger partial charge in [-0.3, -0.25) is 4.90 Å². The Balaban J connectivity index is 1.37. The van der Waals surface area contributed by atoms with Gasteiger partial charge in [0.2, 0.25) is 0 Å². The second-order valence-corrected chi connectivity index (χ2v) is 6.71. The molecule has 2 aliphatic rings. The summed E-state index contributed by atoms with van der Waals surface area (Å²) in [6.45, 7) is 6.22. The maximum Gasteiger partial charge on any atom is 0.0235 e. The van der Waals surface area contributed by atoms with Gasteiger partial charge < -0.3 is 10.6 Å². The summed E-state index contributed by atoms with van der Waals surface area (Å²) in [4.78, 5) is 5.34. The summed E-state index contributed by atoms with van der Waals surface area (Å²) >= 11 is 0. The fourth-order valence-electron chi connectivity index (χ4n) is 3.75. The van der Waals surface area contributed by atoms with Crippen LogP contribution < -0.4 is 5.73 Å². The molecule has 0 spiro atoms. The minimum absolute atomic E-state index is 0.449. The summed E-state index contributed by atoms with van der Waals surface area (Å²) in [5, 5.41) is 0. The number of rotatable bonds is 5. The number of nitrogens with zero attached hydrogens (tertiary/aromatic N) is 2. The highest BCUT2D eigenvalue weighted by molar-refractivity contribution is 5.14. The summed E-state index contributed by atoms with van der Waals surface area (Å²) in [5.74, 6) is 0. The van der Waals surface area contributed by atoms with Gasteiger partial charge in [-0.05, 0) is 63.8 Å². The molecule has 1 aromatic carbocycles. The normalized spacial score (nSPS) is 25.5. The molecule has 0 radical (unpaired) electrons. The lowest BCUT2D eigenvalue weighted by Crippen LogP contribution is -2.46. The van der Waals surface area contributed by atoms with Crippen LogP contribution in [0.5, 0.6) is 0 Å². The van der Waals surface area contributed by atoms with Crippen molar-refractivity contribution in [2.75, 3.05) is 32.7 Å². The molecule has 0 aliphatic carbocycles. The molecule has 2 N–H and O–H groups in total. The summed E-state index contributed by atoms with van der Waals surface area (Å²) in [7, 11) is 0. The molecule has 0 saturated carbocycles. The molecule has 0 aromatic heterocycles. The van der Waals surface area contributed by atoms with Crippen molar-refractivity contribution in [1.29, 1.82) is 0 Å². The van der Waals surface area contributed by atoms with Crippen LogP contribution in [0.25, 0.3) is 0 Å². The predicted octanol–water partition coefficient (Wildman–Crippen LogP) is 2.12. The standard InChI is InChI=1S/C18H29N3/c19-17-8-13-21(14-9-17)18-10-12-20(15-18)11-4-7-16-5-2-1-3-6-16/h1-3,5-6,17-18H,4,7-15,19H2. The average molecular weight is 287 g/mol. The highest BCUT2D eigenvalue weighted by Gasteiger charge is 2.29. The minimum Gasteiger partial charge on any atom is -0.328 e. The zero-order valence-corrected chi connectivity index (χ0v) is 13.1. The smallest absolute Gasteiger partial charge is 0.0235 e. The summed E-state index contributed by atoms with van der Waals surface area (Å²) in [6.07, 6.45) is 6.21. The van der Waals surface area contributed by atoms with E-state index in [1.165, 1.54) is 70.4 Å². The Kier molecular flexibility index (Phi) is 5.28. The number of likely N-dealkylation sites (tertiary alicyclic amines) is 2. The van der Waals surface area contributed by atoms with Crippen LogP contribution in [-0.2, 0) is 6.42 Å². The Bertz CT molecular complexity index is 412. The van der Waals surface area contributed by atoms with Gasteiger partial charge in [0.05, 0.1) is 0 Å². The molecule has 1 atom stereocenters. The molecule has 2 aliphatic heterocycles. The Morgan fingerprint density at radius 2 is 1.76 bits per heavy atom. The predicted molar refractivity (Wildman–Crippen MR) is 88.4 cm³/mol. The van der Waals surface area contributed by atoms with Crippen LogP contribution in [-0.4, -0.2) is 54.6 Å². The molecular formula is C18H29N3. The zero-order chi connectivity index (χ0) is 14.5. The largest absolute Gasteiger partial charge is 0.328 e. The lowest BCUT2D eigenvalue weighted by Gasteiger charge is -2.34. The Morgan fingerprint density at radius 1 is 1.00 bits per heavy atom. The molecule has 0 bridgehead atoms. The minimum atomic E-state index is 0.449. The molecule has 2 saturated heterocycles. The molecule has 1 aromatic rings. The van der Waals surface area contributed by atoms with Crippen molar-refractivity contribution in [3.05, 3.63) is 35.9 Å². The van der Waals surface area contributed by atoms with Gasteiger partial charge in [0.1, 0.15) is 0 Å². The Labute approximate surface area is 129 Å². The number of piperidine rings is 1. The molecular weight excluding hydrogens is 258 g/mol. The van der Waals surface area contributed by atoms with Gasteiger partial charge in [-0.15, -0.1) is 0 Å². The summed E-state index contributed by atoms with van der Waals surface area (Å²) in [5.41, 5.74) is 7.48. The second-order valence-electron chi connectivity index (χ2n) is 6.71. The van der Waals surface area contributed by atoms with Gasteiger partial charge in [0.15, 0.2) is 0 Å². The third kappa shape index (κ3) is 4.29. The van der Waals surface area contributed by atoms with Crippen molar-refractivity contribution in [2.24, 2.45) is 5.73 Å². The van der Waals surface area contributed by atoms with E-state index in [-0.39, 0.29) is 0 Å². The van der Waals surface area contributed by atoms with Crippen LogP contribution in [0.1, 0.15) is 31.2 Å². The van der Waals surface area contributed by atoms with Gasteiger partial charge in [-0.2, -0.15) is 0 Å². The van der Waals surface area contributed by atoms with Crippen LogP contribution in [0, 0.1) is 0 Å². The van der Waals surface area contributed by atoms with Crippen molar-refractivity contribution in [3.8, 4) is 0 Å². The maximum absolute atomic E-state index is 6.01. The molecule has 21 heavy (non-hydrogen) atoms. The topological polar surface area (TPSA) is 32.5 Å². The van der Waals surface area contributed by atoms with E-state index >= 15 is 0 Å². The fourth-order valence-corrected chi connectivity index (χ4v) is 3.75. The highest BCUT2D eigenvalue weighted by atomic mass is 15.3. The lowest BCUT2D eigenvalue weighted by atomic mass is 10.0. The van der Waals surface area contributed by atoms with Crippen LogP contribution in [0.3, 0.4) is 0 Å². The fraction of sp³-hybridized carbons (Fsp3) is 0.667. The first-order valence-corrected chi connectivity index (χ1v) is 8.57. The molecule has 0 amide bonds. The molecule has 116 valence electrons. The molecule has 2 heterocycles. The first-order valence-electron chi connectivity index (χ1n) is 8.57. The van der Waals surface area contributed by atoms with E-state index in [1.54, 1.807) is 0 Å². The van der Waals surface area contributed by atoms with Crippen molar-refractivity contribution in [2.45, 2.75) is 44.2 Å². The Morgan fingerprint density at radius 3 is 2.52 bits per heavy atom. The SMILES string of the molecule is NC1CCN(C2CCN(CCCc3ccccc3)C2)CC1. The van der Waals surface area contributed by atoms with Crippen LogP contribution in [0.15, 0.2) is 30.3 Å². The highest BCUT2D eigenvalue weighted by Crippen LogP contribution is 2.20. The van der Waals surface area contributed by atoms with E-state index in [1.807, 2.05) is 0 Å². The van der Waals surface area contributed by atoms with Crippen molar-refractivity contribution < 1.29 is 0 Å². The van der Waals surface area contributed by atoms with E-state index in [9.17, 15) is 0 Å². The number of hydrogen-bond donors (Lipinski definition) is 1. The van der Waals surface area contributed by atoms with Crippen molar-refractivity contribution >= 4 is 0 Å². The van der Waals surface area contributed by atoms with E-state index in [0.29, 0.717) is 6.04 Å². The first-order chi connectivity index (χ1) is 10.3. The molecule has 2 fully saturated rings. The third-order valence-electron chi connectivity index (χ3n) is 5.12. The molecule has 3 heteroatoms. The first kappa shape index (κ1) is 15.0. The lowest BCUT2D eigenvalue weighted by molar-refractivity contribution is 0.152. The molecule has 3 rings (SSSR count). The molecule has 3 nitrogen and oxygen atoms in total. The van der Waals surface area contributed by atoms with E-state index in [4.69, 9.17) is 5.73 Å². The van der Waals surface area contributed by atoms with Gasteiger partial charge in [0, 0.05) is 18.6 Å². The third-order valence-corrected chi connectivity index (χ3v) is 5.12. The Hall–Kier alpha value is -0.900. The quantitative estimate of drug-likeness (QED) is 0.900. The summed E-state index contributed by atoms with van der Waals surface area (Å²) < 4.78 is 0. The van der Waals surface area contributed by atoms with Gasteiger partial charge in [-0.1, -0.05) is 30.3 Å². The summed E-state index contributed by atoms with van der Waals surface area (Å²) in [6, 6.07) is 12.1. The number of benzene rings is 1. The zero-order valence-electron chi connectivity index (χ0n) is 13.1. The molecule has 1 unspecified atom stereocenters. The van der Waals surface area contributed by atoms with Gasteiger partial charge in [0.25, 0.3) is 0 Å². The average Bonchev–Trinajstić information content (AvgIpc) is 2.98. The van der Waals surface area contributed by atoms with Crippen LogP contribution >= 0.6 is 0 Å². The van der Waals surface area contributed by atoms with Crippen molar-refractivity contribution in [3.63, 3.8) is 0 Å². The monoisotopic (exact) mass is 287 g/mol. The second kappa shape index (κ2) is 7.39. The van der Waals surface area contributed by atoms with E-state index < -0.39 is 0 Å². The van der Waals surface area contributed by atoms with E-state index in [0.717, 1.165) is 6.04 Å². The van der Waals surface area contributed by atoms with Crippen molar-refractivity contribution in [1.82, 2.24) is 9.80 Å². The van der Waals surface area contributed by atoms with E-state index in [2.05, 4.69) is 40.1 Å². The number of nitrogens with two attached hydrogens (primary N) is 1. The maximum atomic E-state index is 6.01. The number of aryl methyl sites for hydroxylation is 1.